The third-order valence-electron chi connectivity index (χ3n) is 6.29. The molecule has 32 heavy (non-hydrogen) atoms. The molecule has 0 aromatic heterocycles. The largest absolute Gasteiger partial charge is 0.309 e. The maximum Gasteiger partial charge on any atom is 0.139 e. The van der Waals surface area contributed by atoms with Gasteiger partial charge in [-0.25, -0.2) is 0 Å². The predicted molar refractivity (Wildman–Crippen MR) is 142 cm³/mol. The Balaban J connectivity index is 1.74. The van der Waals surface area contributed by atoms with Crippen molar-refractivity contribution >= 4 is 62.7 Å². The van der Waals surface area contributed by atoms with Gasteiger partial charge in [0.05, 0.1) is 11.4 Å². The van der Waals surface area contributed by atoms with E-state index in [0.29, 0.717) is 0 Å². The molecule has 0 fully saturated rings. The van der Waals surface area contributed by atoms with Crippen molar-refractivity contribution in [1.82, 2.24) is 0 Å². The summed E-state index contributed by atoms with van der Waals surface area (Å²) in [6.07, 6.45) is 0. The lowest BCUT2D eigenvalue weighted by molar-refractivity contribution is 1.32. The molecule has 0 atom stereocenters. The van der Waals surface area contributed by atoms with E-state index in [4.69, 9.17) is 0 Å². The molecule has 0 spiro atoms. The van der Waals surface area contributed by atoms with Gasteiger partial charge in [-0.3, -0.25) is 0 Å². The van der Waals surface area contributed by atoms with Gasteiger partial charge >= 0.3 is 0 Å². The third kappa shape index (κ3) is 3.04. The average molecular weight is 407 g/mol. The molecule has 6 aromatic rings. The van der Waals surface area contributed by atoms with Gasteiger partial charge in [-0.05, 0) is 45.8 Å². The van der Waals surface area contributed by atoms with Gasteiger partial charge in [-0.1, -0.05) is 103 Å². The van der Waals surface area contributed by atoms with Crippen LogP contribution < -0.4 is 10.4 Å². The van der Waals surface area contributed by atoms with Crippen LogP contribution >= 0.6 is 0 Å². The highest BCUT2D eigenvalue weighted by molar-refractivity contribution is 6.32. The number of rotatable bonds is 3. The number of fused-ring (bicyclic) bond motifs is 4. The van der Waals surface area contributed by atoms with Crippen LogP contribution in [0.5, 0.6) is 0 Å². The van der Waals surface area contributed by atoms with Crippen molar-refractivity contribution in [2.75, 3.05) is 4.90 Å². The van der Waals surface area contributed by atoms with Crippen molar-refractivity contribution < 1.29 is 0 Å². The summed E-state index contributed by atoms with van der Waals surface area (Å²) in [5, 5.41) is 7.55. The lowest BCUT2D eigenvalue weighted by Crippen LogP contribution is -2.12. The summed E-state index contributed by atoms with van der Waals surface area (Å²) in [5.74, 6) is 0. The van der Waals surface area contributed by atoms with E-state index in [0.717, 1.165) is 5.69 Å². The van der Waals surface area contributed by atoms with Gasteiger partial charge in [0.1, 0.15) is 7.85 Å². The van der Waals surface area contributed by atoms with Crippen molar-refractivity contribution in [1.29, 1.82) is 0 Å². The van der Waals surface area contributed by atoms with E-state index in [-0.39, 0.29) is 0 Å². The molecule has 0 N–H and O–H groups in total. The maximum atomic E-state index is 2.41. The fourth-order valence-electron chi connectivity index (χ4n) is 4.72. The molecule has 0 aliphatic heterocycles. The summed E-state index contributed by atoms with van der Waals surface area (Å²) in [6, 6.07) is 43.8. The van der Waals surface area contributed by atoms with Crippen LogP contribution in [0.3, 0.4) is 0 Å². The number of benzene rings is 6. The van der Waals surface area contributed by atoms with Crippen LogP contribution in [0, 0.1) is 0 Å². The normalized spacial score (nSPS) is 11.2. The minimum absolute atomic E-state index is 1.16. The Morgan fingerprint density at radius 1 is 0.438 bits per heavy atom. The van der Waals surface area contributed by atoms with E-state index in [1.54, 1.807) is 0 Å². The monoisotopic (exact) mass is 407 g/mol. The van der Waals surface area contributed by atoms with Crippen molar-refractivity contribution in [3.8, 4) is 0 Å². The Labute approximate surface area is 189 Å². The van der Waals surface area contributed by atoms with Crippen LogP contribution in [-0.2, 0) is 0 Å². The summed E-state index contributed by atoms with van der Waals surface area (Å²) in [4.78, 5) is 2.41. The molecule has 0 heterocycles. The molecule has 0 radical (unpaired) electrons. The zero-order valence-corrected chi connectivity index (χ0v) is 18.0. The molecular weight excluding hydrogens is 385 g/mol. The van der Waals surface area contributed by atoms with Gasteiger partial charge in [0.2, 0.25) is 0 Å². The standard InChI is InChI=1S/C30H22BN/c31-23-16-18-24(19-17-23)32(29-15-7-10-21-8-1-4-12-26(21)29)30-20-22-9-2-3-11-25(22)27-13-5-6-14-28(27)30/h1-20H,31H2. The smallest absolute Gasteiger partial charge is 0.139 e. The zero-order valence-electron chi connectivity index (χ0n) is 18.0. The Morgan fingerprint density at radius 3 is 1.81 bits per heavy atom. The SMILES string of the molecule is Bc1ccc(N(c2cccc3ccccc23)c2cc3ccccc3c3ccccc23)cc1. The first-order valence-corrected chi connectivity index (χ1v) is 11.0. The van der Waals surface area contributed by atoms with Crippen molar-refractivity contribution in [3.05, 3.63) is 121 Å². The number of anilines is 3. The van der Waals surface area contributed by atoms with Gasteiger partial charge in [-0.15, -0.1) is 0 Å². The van der Waals surface area contributed by atoms with E-state index in [1.165, 1.54) is 49.2 Å². The van der Waals surface area contributed by atoms with Gasteiger partial charge in [-0.2, -0.15) is 0 Å². The average Bonchev–Trinajstić information content (AvgIpc) is 2.85. The summed E-state index contributed by atoms with van der Waals surface area (Å²) >= 11 is 0. The van der Waals surface area contributed by atoms with Gasteiger partial charge in [0.25, 0.3) is 0 Å². The fraction of sp³-hybridized carbons (Fsp3) is 0. The first-order chi connectivity index (χ1) is 15.8. The lowest BCUT2D eigenvalue weighted by atomic mass is 9.95. The minimum Gasteiger partial charge on any atom is -0.309 e. The second-order valence-corrected chi connectivity index (χ2v) is 8.33. The molecule has 1 nitrogen and oxygen atoms in total. The second-order valence-electron chi connectivity index (χ2n) is 8.33. The number of nitrogens with zero attached hydrogens (tertiary/aromatic N) is 1. The van der Waals surface area contributed by atoms with Crippen LogP contribution in [0.15, 0.2) is 121 Å². The topological polar surface area (TPSA) is 3.24 Å². The van der Waals surface area contributed by atoms with Crippen LogP contribution in [0.4, 0.5) is 17.1 Å². The quantitative estimate of drug-likeness (QED) is 0.228. The Morgan fingerprint density at radius 2 is 1.03 bits per heavy atom. The second kappa shape index (κ2) is 7.58. The molecule has 0 unspecified atom stereocenters. The minimum atomic E-state index is 1.16. The summed E-state index contributed by atoms with van der Waals surface area (Å²) in [6.45, 7) is 0. The fourth-order valence-corrected chi connectivity index (χ4v) is 4.72. The predicted octanol–water partition coefficient (Wildman–Crippen LogP) is 6.87. The summed E-state index contributed by atoms with van der Waals surface area (Å²) in [5.41, 5.74) is 4.80. The molecular formula is C30H22BN. The van der Waals surface area contributed by atoms with Crippen LogP contribution in [0.2, 0.25) is 0 Å². The molecule has 0 aliphatic rings. The van der Waals surface area contributed by atoms with E-state index in [9.17, 15) is 0 Å². The van der Waals surface area contributed by atoms with Crippen LogP contribution in [0.25, 0.3) is 32.3 Å². The maximum absolute atomic E-state index is 2.41. The third-order valence-corrected chi connectivity index (χ3v) is 6.29. The molecule has 0 bridgehead atoms. The van der Waals surface area contributed by atoms with E-state index in [1.807, 2.05) is 0 Å². The first kappa shape index (κ1) is 18.7. The van der Waals surface area contributed by atoms with Gasteiger partial charge < -0.3 is 4.90 Å². The Hall–Kier alpha value is -4.04. The first-order valence-electron chi connectivity index (χ1n) is 11.0. The highest BCUT2D eigenvalue weighted by Gasteiger charge is 2.18. The molecule has 0 saturated heterocycles. The Kier molecular flexibility index (Phi) is 4.43. The molecule has 2 heteroatoms. The number of hydrogen-bond acceptors (Lipinski definition) is 1. The molecule has 6 rings (SSSR count). The van der Waals surface area contributed by atoms with Crippen LogP contribution in [-0.4, -0.2) is 7.85 Å². The van der Waals surface area contributed by atoms with E-state index >= 15 is 0 Å². The summed E-state index contributed by atoms with van der Waals surface area (Å²) in [7, 11) is 2.14. The highest BCUT2D eigenvalue weighted by Crippen LogP contribution is 2.43. The lowest BCUT2D eigenvalue weighted by Gasteiger charge is -2.29. The van der Waals surface area contributed by atoms with Crippen molar-refractivity contribution in [2.24, 2.45) is 0 Å². The van der Waals surface area contributed by atoms with Gasteiger partial charge in [0, 0.05) is 16.5 Å². The van der Waals surface area contributed by atoms with Crippen LogP contribution in [0.1, 0.15) is 0 Å². The van der Waals surface area contributed by atoms with Crippen molar-refractivity contribution in [2.45, 2.75) is 0 Å². The summed E-state index contributed by atoms with van der Waals surface area (Å²) < 4.78 is 0. The van der Waals surface area contributed by atoms with Crippen molar-refractivity contribution in [3.63, 3.8) is 0 Å². The zero-order chi connectivity index (χ0) is 21.5. The molecule has 150 valence electrons. The number of hydrogen-bond donors (Lipinski definition) is 0. The molecule has 0 aliphatic carbocycles. The Bertz CT molecular complexity index is 1580. The van der Waals surface area contributed by atoms with Gasteiger partial charge in [0.15, 0.2) is 0 Å². The molecule has 0 saturated carbocycles. The van der Waals surface area contributed by atoms with E-state index in [2.05, 4.69) is 134 Å². The van der Waals surface area contributed by atoms with E-state index < -0.39 is 0 Å². The molecule has 0 amide bonds. The molecule has 6 aromatic carbocycles. The highest BCUT2D eigenvalue weighted by atomic mass is 15.1.